The molecule has 0 spiro atoms. The normalized spacial score (nSPS) is 10.9. The van der Waals surface area contributed by atoms with E-state index in [0.717, 1.165) is 17.8 Å². The summed E-state index contributed by atoms with van der Waals surface area (Å²) in [7, 11) is 0. The summed E-state index contributed by atoms with van der Waals surface area (Å²) >= 11 is 0. The van der Waals surface area contributed by atoms with Crippen molar-refractivity contribution in [3.63, 3.8) is 0 Å². The lowest BCUT2D eigenvalue weighted by atomic mass is 10.1. The summed E-state index contributed by atoms with van der Waals surface area (Å²) in [5.41, 5.74) is 4.40. The maximum Gasteiger partial charge on any atom is 0.155 e. The summed E-state index contributed by atoms with van der Waals surface area (Å²) in [5, 5.41) is 4.31. The van der Waals surface area contributed by atoms with Crippen LogP contribution in [0, 0.1) is 6.92 Å². The Kier molecular flexibility index (Phi) is 2.37. The van der Waals surface area contributed by atoms with E-state index in [1.54, 1.807) is 6.20 Å². The van der Waals surface area contributed by atoms with Gasteiger partial charge in [-0.2, -0.15) is 5.10 Å². The second-order valence-electron chi connectivity index (χ2n) is 4.15. The molecule has 0 fully saturated rings. The Hall–Kier alpha value is -2.16. The van der Waals surface area contributed by atoms with Gasteiger partial charge in [0.05, 0.1) is 11.9 Å². The van der Waals surface area contributed by atoms with Crippen molar-refractivity contribution in [1.82, 2.24) is 14.6 Å². The third-order valence-electron chi connectivity index (χ3n) is 2.79. The van der Waals surface area contributed by atoms with Gasteiger partial charge in [-0.1, -0.05) is 30.3 Å². The Morgan fingerprint density at radius 3 is 2.76 bits per heavy atom. The fourth-order valence-corrected chi connectivity index (χ4v) is 2.05. The smallest absolute Gasteiger partial charge is 0.155 e. The van der Waals surface area contributed by atoms with Crippen LogP contribution < -0.4 is 0 Å². The lowest BCUT2D eigenvalue weighted by Gasteiger charge is -2.06. The van der Waals surface area contributed by atoms with Gasteiger partial charge in [-0.3, -0.25) is 0 Å². The molecule has 17 heavy (non-hydrogen) atoms. The van der Waals surface area contributed by atoms with Crippen molar-refractivity contribution >= 4 is 5.65 Å². The van der Waals surface area contributed by atoms with E-state index >= 15 is 0 Å². The van der Waals surface area contributed by atoms with Crippen LogP contribution in [-0.2, 0) is 6.42 Å². The molecule has 2 aromatic heterocycles. The van der Waals surface area contributed by atoms with Crippen LogP contribution in [0.25, 0.3) is 5.65 Å². The molecule has 0 unspecified atom stereocenters. The van der Waals surface area contributed by atoms with Crippen LogP contribution in [0.15, 0.2) is 48.7 Å². The van der Waals surface area contributed by atoms with Gasteiger partial charge in [0.1, 0.15) is 0 Å². The van der Waals surface area contributed by atoms with E-state index < -0.39 is 0 Å². The van der Waals surface area contributed by atoms with Crippen LogP contribution >= 0.6 is 0 Å². The average molecular weight is 223 g/mol. The van der Waals surface area contributed by atoms with Crippen molar-refractivity contribution in [2.24, 2.45) is 0 Å². The van der Waals surface area contributed by atoms with Crippen molar-refractivity contribution in [2.45, 2.75) is 13.3 Å². The number of benzene rings is 1. The monoisotopic (exact) mass is 223 g/mol. The van der Waals surface area contributed by atoms with Crippen LogP contribution in [0.3, 0.4) is 0 Å². The molecule has 2 heterocycles. The molecule has 1 aromatic carbocycles. The molecule has 0 aliphatic heterocycles. The minimum atomic E-state index is 0.877. The molecule has 84 valence electrons. The van der Waals surface area contributed by atoms with Crippen LogP contribution in [0.5, 0.6) is 0 Å². The van der Waals surface area contributed by atoms with Gasteiger partial charge in [0.2, 0.25) is 0 Å². The standard InChI is InChI=1S/C14H13N3/c1-11-9-13(10-12-5-3-2-4-6-12)17-14(16-11)7-8-15-17/h2-9H,10H2,1H3. The number of nitrogens with zero attached hydrogens (tertiary/aromatic N) is 3. The first-order valence-electron chi connectivity index (χ1n) is 5.67. The summed E-state index contributed by atoms with van der Waals surface area (Å²) in [4.78, 5) is 4.44. The molecule has 3 heteroatoms. The maximum absolute atomic E-state index is 4.44. The van der Waals surface area contributed by atoms with Crippen molar-refractivity contribution in [3.8, 4) is 0 Å². The molecule has 0 saturated carbocycles. The topological polar surface area (TPSA) is 30.2 Å². The zero-order valence-corrected chi connectivity index (χ0v) is 9.67. The van der Waals surface area contributed by atoms with E-state index in [1.165, 1.54) is 11.3 Å². The first-order valence-corrected chi connectivity index (χ1v) is 5.67. The number of aromatic nitrogens is 3. The van der Waals surface area contributed by atoms with Gasteiger partial charge in [-0.15, -0.1) is 0 Å². The highest BCUT2D eigenvalue weighted by molar-refractivity contribution is 5.39. The predicted molar refractivity (Wildman–Crippen MR) is 67.0 cm³/mol. The van der Waals surface area contributed by atoms with Crippen LogP contribution in [0.4, 0.5) is 0 Å². The van der Waals surface area contributed by atoms with Crippen LogP contribution in [-0.4, -0.2) is 14.6 Å². The van der Waals surface area contributed by atoms with Crippen LogP contribution in [0.1, 0.15) is 17.0 Å². The second-order valence-corrected chi connectivity index (χ2v) is 4.15. The fourth-order valence-electron chi connectivity index (χ4n) is 2.05. The lowest BCUT2D eigenvalue weighted by molar-refractivity contribution is 0.855. The largest absolute Gasteiger partial charge is 0.234 e. The lowest BCUT2D eigenvalue weighted by Crippen LogP contribution is -2.02. The Bertz CT molecular complexity index is 641. The average Bonchev–Trinajstić information content (AvgIpc) is 2.78. The third-order valence-corrected chi connectivity index (χ3v) is 2.79. The van der Waals surface area contributed by atoms with Gasteiger partial charge in [-0.05, 0) is 18.6 Å². The quantitative estimate of drug-likeness (QED) is 0.668. The Labute approximate surface area is 99.7 Å². The van der Waals surface area contributed by atoms with E-state index in [0.29, 0.717) is 0 Å². The zero-order valence-electron chi connectivity index (χ0n) is 9.67. The number of hydrogen-bond acceptors (Lipinski definition) is 2. The molecule has 0 N–H and O–H groups in total. The molecular weight excluding hydrogens is 210 g/mol. The molecule has 0 saturated heterocycles. The second kappa shape index (κ2) is 4.01. The fraction of sp³-hybridized carbons (Fsp3) is 0.143. The van der Waals surface area contributed by atoms with Gasteiger partial charge >= 0.3 is 0 Å². The van der Waals surface area contributed by atoms with Crippen molar-refractivity contribution in [1.29, 1.82) is 0 Å². The van der Waals surface area contributed by atoms with Crippen molar-refractivity contribution in [3.05, 3.63) is 65.6 Å². The summed E-state index contributed by atoms with van der Waals surface area (Å²) in [6, 6.07) is 14.4. The molecule has 3 aromatic rings. The number of aryl methyl sites for hydroxylation is 1. The van der Waals surface area contributed by atoms with E-state index in [4.69, 9.17) is 0 Å². The van der Waals surface area contributed by atoms with Gasteiger partial charge in [0.15, 0.2) is 5.65 Å². The minimum absolute atomic E-state index is 0.877. The molecule has 0 aliphatic rings. The Morgan fingerprint density at radius 2 is 1.94 bits per heavy atom. The number of rotatable bonds is 2. The van der Waals surface area contributed by atoms with Crippen molar-refractivity contribution < 1.29 is 0 Å². The molecule has 0 atom stereocenters. The summed E-state index contributed by atoms with van der Waals surface area (Å²) in [6.07, 6.45) is 2.67. The molecule has 3 nitrogen and oxygen atoms in total. The summed E-state index contributed by atoms with van der Waals surface area (Å²) < 4.78 is 1.90. The summed E-state index contributed by atoms with van der Waals surface area (Å²) in [6.45, 7) is 2.02. The first-order chi connectivity index (χ1) is 8.33. The Morgan fingerprint density at radius 1 is 1.12 bits per heavy atom. The highest BCUT2D eigenvalue weighted by Gasteiger charge is 2.04. The highest BCUT2D eigenvalue weighted by Crippen LogP contribution is 2.12. The molecule has 0 bridgehead atoms. The third kappa shape index (κ3) is 1.91. The molecule has 0 aliphatic carbocycles. The first kappa shape index (κ1) is 10.0. The van der Waals surface area contributed by atoms with Crippen LogP contribution in [0.2, 0.25) is 0 Å². The predicted octanol–water partition coefficient (Wildman–Crippen LogP) is 2.63. The van der Waals surface area contributed by atoms with E-state index in [-0.39, 0.29) is 0 Å². The molecular formula is C14H13N3. The molecule has 0 radical (unpaired) electrons. The maximum atomic E-state index is 4.44. The van der Waals surface area contributed by atoms with Gasteiger partial charge in [-0.25, -0.2) is 9.50 Å². The molecule has 0 amide bonds. The van der Waals surface area contributed by atoms with E-state index in [9.17, 15) is 0 Å². The number of hydrogen-bond donors (Lipinski definition) is 0. The zero-order chi connectivity index (χ0) is 11.7. The Balaban J connectivity index is 2.08. The van der Waals surface area contributed by atoms with Crippen molar-refractivity contribution in [2.75, 3.05) is 0 Å². The van der Waals surface area contributed by atoms with E-state index in [2.05, 4.69) is 40.4 Å². The number of fused-ring (bicyclic) bond motifs is 1. The van der Waals surface area contributed by atoms with Gasteiger partial charge in [0.25, 0.3) is 0 Å². The molecule has 3 rings (SSSR count). The van der Waals surface area contributed by atoms with Gasteiger partial charge < -0.3 is 0 Å². The van der Waals surface area contributed by atoms with E-state index in [1.807, 2.05) is 23.6 Å². The highest BCUT2D eigenvalue weighted by atomic mass is 15.2. The summed E-state index contributed by atoms with van der Waals surface area (Å²) in [5.74, 6) is 0. The minimum Gasteiger partial charge on any atom is -0.234 e. The van der Waals surface area contributed by atoms with Gasteiger partial charge in [0, 0.05) is 18.2 Å². The SMILES string of the molecule is Cc1cc(Cc2ccccc2)n2nccc2n1.